The number of nitrogens with one attached hydrogen (secondary N) is 1. The first kappa shape index (κ1) is 14.2. The van der Waals surface area contributed by atoms with Crippen LogP contribution < -0.4 is 11.1 Å². The van der Waals surface area contributed by atoms with Crippen molar-refractivity contribution < 1.29 is 4.74 Å². The summed E-state index contributed by atoms with van der Waals surface area (Å²) in [5.41, 5.74) is 6.96. The van der Waals surface area contributed by atoms with E-state index in [-0.39, 0.29) is 12.1 Å². The lowest BCUT2D eigenvalue weighted by Crippen LogP contribution is -2.35. The van der Waals surface area contributed by atoms with Gasteiger partial charge in [-0.1, -0.05) is 6.92 Å². The number of aryl methyl sites for hydroxylation is 1. The Hall–Kier alpha value is -0.910. The first-order valence-electron chi connectivity index (χ1n) is 6.19. The van der Waals surface area contributed by atoms with Crippen molar-refractivity contribution in [3.63, 3.8) is 0 Å². The smallest absolute Gasteiger partial charge is 0.0948 e. The molecule has 0 saturated heterocycles. The minimum atomic E-state index is 0.140. The van der Waals surface area contributed by atoms with E-state index in [9.17, 15) is 0 Å². The fourth-order valence-electron chi connectivity index (χ4n) is 1.75. The van der Waals surface area contributed by atoms with E-state index in [1.54, 1.807) is 7.11 Å². The van der Waals surface area contributed by atoms with Gasteiger partial charge in [-0.15, -0.1) is 0 Å². The topological polar surface area (TPSA) is 65.1 Å². The summed E-state index contributed by atoms with van der Waals surface area (Å²) in [5, 5.41) is 3.41. The van der Waals surface area contributed by atoms with Gasteiger partial charge in [0.2, 0.25) is 0 Å². The number of imidazole rings is 1. The van der Waals surface area contributed by atoms with Crippen LogP contribution in [0.4, 0.5) is 0 Å². The van der Waals surface area contributed by atoms with E-state index in [1.807, 2.05) is 19.4 Å². The van der Waals surface area contributed by atoms with Crippen molar-refractivity contribution in [1.82, 2.24) is 14.9 Å². The molecule has 0 saturated carbocycles. The number of ether oxygens (including phenoxy) is 1. The molecule has 0 radical (unpaired) electrons. The average molecular weight is 240 g/mol. The molecule has 98 valence electrons. The second kappa shape index (κ2) is 7.42. The van der Waals surface area contributed by atoms with Gasteiger partial charge in [0.15, 0.2) is 0 Å². The van der Waals surface area contributed by atoms with Crippen LogP contribution in [0.2, 0.25) is 0 Å². The molecule has 0 aliphatic rings. The monoisotopic (exact) mass is 240 g/mol. The van der Waals surface area contributed by atoms with E-state index in [0.717, 1.165) is 25.2 Å². The Balaban J connectivity index is 2.62. The van der Waals surface area contributed by atoms with Crippen molar-refractivity contribution in [1.29, 1.82) is 0 Å². The quantitative estimate of drug-likeness (QED) is 0.709. The summed E-state index contributed by atoms with van der Waals surface area (Å²) in [4.78, 5) is 4.19. The number of hydrogen-bond donors (Lipinski definition) is 2. The molecule has 0 aliphatic carbocycles. The van der Waals surface area contributed by atoms with Crippen molar-refractivity contribution in [2.75, 3.05) is 20.2 Å². The Morgan fingerprint density at radius 1 is 1.59 bits per heavy atom. The Kier molecular flexibility index (Phi) is 6.18. The molecule has 0 fully saturated rings. The van der Waals surface area contributed by atoms with E-state index in [4.69, 9.17) is 10.5 Å². The van der Waals surface area contributed by atoms with Crippen LogP contribution in [0.25, 0.3) is 0 Å². The fourth-order valence-corrected chi connectivity index (χ4v) is 1.75. The van der Waals surface area contributed by atoms with E-state index < -0.39 is 0 Å². The van der Waals surface area contributed by atoms with Gasteiger partial charge in [-0.25, -0.2) is 4.98 Å². The zero-order valence-electron chi connectivity index (χ0n) is 11.0. The normalized spacial score (nSPS) is 14.8. The maximum absolute atomic E-state index is 5.81. The molecule has 1 aromatic heterocycles. The first-order chi connectivity index (χ1) is 8.22. The highest BCUT2D eigenvalue weighted by Gasteiger charge is 2.14. The Morgan fingerprint density at radius 3 is 2.94 bits per heavy atom. The average Bonchev–Trinajstić information content (AvgIpc) is 2.78. The van der Waals surface area contributed by atoms with E-state index >= 15 is 0 Å². The van der Waals surface area contributed by atoms with Crippen LogP contribution >= 0.6 is 0 Å². The number of rotatable bonds is 8. The number of methoxy groups -OCH3 is 1. The number of aromatic nitrogens is 2. The van der Waals surface area contributed by atoms with Gasteiger partial charge in [0.05, 0.1) is 24.2 Å². The molecule has 0 amide bonds. The zero-order valence-corrected chi connectivity index (χ0v) is 11.0. The summed E-state index contributed by atoms with van der Waals surface area (Å²) in [6, 6.07) is 0.140. The molecule has 2 unspecified atom stereocenters. The van der Waals surface area contributed by atoms with Gasteiger partial charge in [-0.05, 0) is 13.3 Å². The Labute approximate surface area is 103 Å². The second-order valence-corrected chi connectivity index (χ2v) is 4.25. The predicted molar refractivity (Wildman–Crippen MR) is 68.8 cm³/mol. The van der Waals surface area contributed by atoms with Crippen molar-refractivity contribution >= 4 is 0 Å². The highest BCUT2D eigenvalue weighted by atomic mass is 16.5. The standard InChI is InChI=1S/C12H24N4O/c1-4-5-16-9-14-8-12(16)11(6-13)15-7-10(2)17-3/h8-11,15H,4-7,13H2,1-3H3. The fraction of sp³-hybridized carbons (Fsp3) is 0.750. The van der Waals surface area contributed by atoms with Gasteiger partial charge >= 0.3 is 0 Å². The zero-order chi connectivity index (χ0) is 12.7. The number of nitrogens with two attached hydrogens (primary N) is 1. The highest BCUT2D eigenvalue weighted by Crippen LogP contribution is 2.12. The van der Waals surface area contributed by atoms with Gasteiger partial charge < -0.3 is 20.4 Å². The molecule has 0 bridgehead atoms. The summed E-state index contributed by atoms with van der Waals surface area (Å²) < 4.78 is 7.37. The summed E-state index contributed by atoms with van der Waals surface area (Å²) in [6.45, 7) is 6.51. The minimum Gasteiger partial charge on any atom is -0.380 e. The van der Waals surface area contributed by atoms with Gasteiger partial charge in [-0.3, -0.25) is 0 Å². The van der Waals surface area contributed by atoms with Crippen molar-refractivity contribution in [2.45, 2.75) is 39.0 Å². The van der Waals surface area contributed by atoms with Crippen LogP contribution in [0.3, 0.4) is 0 Å². The lowest BCUT2D eigenvalue weighted by atomic mass is 10.2. The Morgan fingerprint density at radius 2 is 2.35 bits per heavy atom. The summed E-state index contributed by atoms with van der Waals surface area (Å²) in [6.07, 6.45) is 5.03. The maximum atomic E-state index is 5.81. The van der Waals surface area contributed by atoms with E-state index in [2.05, 4.69) is 21.8 Å². The van der Waals surface area contributed by atoms with Crippen molar-refractivity contribution in [3.8, 4) is 0 Å². The van der Waals surface area contributed by atoms with E-state index in [1.165, 1.54) is 0 Å². The third kappa shape index (κ3) is 4.11. The van der Waals surface area contributed by atoms with Crippen molar-refractivity contribution in [3.05, 3.63) is 18.2 Å². The Bertz CT molecular complexity index is 313. The third-order valence-corrected chi connectivity index (χ3v) is 2.86. The molecule has 3 N–H and O–H groups in total. The second-order valence-electron chi connectivity index (χ2n) is 4.25. The number of hydrogen-bond acceptors (Lipinski definition) is 4. The minimum absolute atomic E-state index is 0.140. The summed E-state index contributed by atoms with van der Waals surface area (Å²) in [7, 11) is 1.71. The molecule has 2 atom stereocenters. The molecule has 1 aromatic rings. The lowest BCUT2D eigenvalue weighted by Gasteiger charge is -2.20. The molecule has 1 heterocycles. The number of nitrogens with zero attached hydrogens (tertiary/aromatic N) is 2. The molecule has 0 aromatic carbocycles. The van der Waals surface area contributed by atoms with E-state index in [0.29, 0.717) is 6.54 Å². The molecule has 5 nitrogen and oxygen atoms in total. The molecule has 0 aliphatic heterocycles. The third-order valence-electron chi connectivity index (χ3n) is 2.86. The molecular formula is C12H24N4O. The van der Waals surface area contributed by atoms with Gasteiger partial charge in [0.1, 0.15) is 0 Å². The van der Waals surface area contributed by atoms with Gasteiger partial charge in [-0.2, -0.15) is 0 Å². The maximum Gasteiger partial charge on any atom is 0.0948 e. The molecule has 17 heavy (non-hydrogen) atoms. The predicted octanol–water partition coefficient (Wildman–Crippen LogP) is 0.917. The largest absolute Gasteiger partial charge is 0.380 e. The van der Waals surface area contributed by atoms with Crippen molar-refractivity contribution in [2.24, 2.45) is 5.73 Å². The molecular weight excluding hydrogens is 216 g/mol. The summed E-state index contributed by atoms with van der Waals surface area (Å²) >= 11 is 0. The van der Waals surface area contributed by atoms with Crippen LogP contribution in [-0.2, 0) is 11.3 Å². The highest BCUT2D eigenvalue weighted by molar-refractivity contribution is 5.06. The van der Waals surface area contributed by atoms with Crippen LogP contribution in [0.15, 0.2) is 12.5 Å². The van der Waals surface area contributed by atoms with Gasteiger partial charge in [0.25, 0.3) is 0 Å². The molecule has 5 heteroatoms. The van der Waals surface area contributed by atoms with Crippen LogP contribution in [-0.4, -0.2) is 35.9 Å². The van der Waals surface area contributed by atoms with Gasteiger partial charge in [0, 0.05) is 32.9 Å². The molecule has 1 rings (SSSR count). The van der Waals surface area contributed by atoms with Crippen LogP contribution in [0.1, 0.15) is 32.0 Å². The van der Waals surface area contributed by atoms with Crippen LogP contribution in [0.5, 0.6) is 0 Å². The SMILES string of the molecule is CCCn1cncc1C(CN)NCC(C)OC. The van der Waals surface area contributed by atoms with Crippen LogP contribution in [0, 0.1) is 0 Å². The lowest BCUT2D eigenvalue weighted by molar-refractivity contribution is 0.114. The first-order valence-corrected chi connectivity index (χ1v) is 6.19. The molecule has 0 spiro atoms. The summed E-state index contributed by atoms with van der Waals surface area (Å²) in [5.74, 6) is 0.